The van der Waals surface area contributed by atoms with Gasteiger partial charge in [-0.1, -0.05) is 6.07 Å². The zero-order valence-corrected chi connectivity index (χ0v) is 16.4. The number of hydrogen-bond acceptors (Lipinski definition) is 6. The van der Waals surface area contributed by atoms with E-state index in [1.807, 2.05) is 18.2 Å². The lowest BCUT2D eigenvalue weighted by molar-refractivity contribution is -0.0502. The molecule has 0 amide bonds. The van der Waals surface area contributed by atoms with Crippen molar-refractivity contribution in [3.63, 3.8) is 0 Å². The van der Waals surface area contributed by atoms with Crippen LogP contribution in [0, 0.1) is 6.92 Å². The molecule has 1 fully saturated rings. The number of nitrogens with one attached hydrogen (secondary N) is 2. The zero-order valence-electron chi connectivity index (χ0n) is 16.4. The Labute approximate surface area is 175 Å². The third-order valence-corrected chi connectivity index (χ3v) is 5.37. The van der Waals surface area contributed by atoms with Gasteiger partial charge in [-0.3, -0.25) is 4.79 Å². The van der Waals surface area contributed by atoms with Crippen LogP contribution in [0.4, 0.5) is 20.4 Å². The first-order valence-electron chi connectivity index (χ1n) is 9.75. The minimum atomic E-state index is -2.87. The Morgan fingerprint density at radius 1 is 1.16 bits per heavy atom. The zero-order chi connectivity index (χ0) is 21.5. The predicted molar refractivity (Wildman–Crippen MR) is 110 cm³/mol. The SMILES string of the molecule is Cc1cc(Nc2noc([C@@H]3C[C@H]3c3ccc4[nH]c(=O)ccc4c3)n2)ccc1OC(F)F. The monoisotopic (exact) mass is 424 g/mol. The second kappa shape index (κ2) is 7.50. The molecule has 2 N–H and O–H groups in total. The summed E-state index contributed by atoms with van der Waals surface area (Å²) in [4.78, 5) is 18.7. The third kappa shape index (κ3) is 3.98. The van der Waals surface area contributed by atoms with E-state index < -0.39 is 6.61 Å². The van der Waals surface area contributed by atoms with Gasteiger partial charge >= 0.3 is 6.61 Å². The molecule has 0 unspecified atom stereocenters. The van der Waals surface area contributed by atoms with Gasteiger partial charge in [-0.2, -0.15) is 13.8 Å². The summed E-state index contributed by atoms with van der Waals surface area (Å²) in [5.74, 6) is 1.38. The number of benzene rings is 2. The Balaban J connectivity index is 1.28. The number of anilines is 2. The summed E-state index contributed by atoms with van der Waals surface area (Å²) in [6.07, 6.45) is 0.898. The van der Waals surface area contributed by atoms with E-state index in [2.05, 4.69) is 31.2 Å². The van der Waals surface area contributed by atoms with Crippen LogP contribution in [-0.2, 0) is 0 Å². The van der Waals surface area contributed by atoms with Crippen molar-refractivity contribution >= 4 is 22.5 Å². The van der Waals surface area contributed by atoms with Crippen molar-refractivity contribution in [1.82, 2.24) is 15.1 Å². The summed E-state index contributed by atoms with van der Waals surface area (Å²) in [6.45, 7) is -1.19. The van der Waals surface area contributed by atoms with E-state index in [9.17, 15) is 13.6 Å². The molecule has 1 aliphatic carbocycles. The highest BCUT2D eigenvalue weighted by Crippen LogP contribution is 2.54. The number of alkyl halides is 2. The second-order valence-corrected chi connectivity index (χ2v) is 7.56. The number of pyridine rings is 1. The Morgan fingerprint density at radius 3 is 2.84 bits per heavy atom. The van der Waals surface area contributed by atoms with Crippen molar-refractivity contribution in [1.29, 1.82) is 0 Å². The van der Waals surface area contributed by atoms with Crippen LogP contribution in [0.25, 0.3) is 10.9 Å². The molecule has 4 aromatic rings. The maximum Gasteiger partial charge on any atom is 0.387 e. The fraction of sp³-hybridized carbons (Fsp3) is 0.227. The summed E-state index contributed by atoms with van der Waals surface area (Å²) < 4.78 is 34.7. The quantitative estimate of drug-likeness (QED) is 0.460. The lowest BCUT2D eigenvalue weighted by Crippen LogP contribution is -2.03. The number of aryl methyl sites for hydroxylation is 1. The van der Waals surface area contributed by atoms with Crippen LogP contribution in [0.3, 0.4) is 0 Å². The molecule has 2 aromatic heterocycles. The molecule has 0 saturated heterocycles. The van der Waals surface area contributed by atoms with Gasteiger partial charge in [-0.15, -0.1) is 0 Å². The van der Waals surface area contributed by atoms with E-state index in [0.717, 1.165) is 22.9 Å². The van der Waals surface area contributed by atoms with E-state index in [1.54, 1.807) is 19.1 Å². The first-order chi connectivity index (χ1) is 15.0. The van der Waals surface area contributed by atoms with Crippen LogP contribution in [0.15, 0.2) is 57.8 Å². The number of aromatic nitrogens is 3. The predicted octanol–water partition coefficient (Wildman–Crippen LogP) is 4.84. The smallest absolute Gasteiger partial charge is 0.387 e. The van der Waals surface area contributed by atoms with Crippen LogP contribution in [0.5, 0.6) is 5.75 Å². The summed E-state index contributed by atoms with van der Waals surface area (Å²) in [6, 6.07) is 14.1. The molecule has 1 saturated carbocycles. The highest BCUT2D eigenvalue weighted by molar-refractivity contribution is 5.79. The average Bonchev–Trinajstić information content (AvgIpc) is 3.40. The van der Waals surface area contributed by atoms with Crippen molar-refractivity contribution in [2.24, 2.45) is 0 Å². The molecular weight excluding hydrogens is 406 g/mol. The van der Waals surface area contributed by atoms with E-state index >= 15 is 0 Å². The first-order valence-corrected chi connectivity index (χ1v) is 9.75. The number of rotatable bonds is 6. The van der Waals surface area contributed by atoms with E-state index in [4.69, 9.17) is 4.52 Å². The Bertz CT molecular complexity index is 1320. The van der Waals surface area contributed by atoms with Crippen molar-refractivity contribution in [2.45, 2.75) is 31.8 Å². The molecule has 158 valence electrons. The standard InChI is InChI=1S/C22H18F2N4O3/c1-11-8-14(4-6-18(11)30-21(23)24)25-22-27-20(31-28-22)16-10-15(16)12-2-5-17-13(9-12)3-7-19(29)26-17/h2-9,15-16,21H,10H2,1H3,(H,25,28)(H,26,29)/t15-,16+/m0/s1. The molecule has 1 aliphatic rings. The number of ether oxygens (including phenoxy) is 1. The first kappa shape index (κ1) is 19.2. The molecule has 31 heavy (non-hydrogen) atoms. The number of H-pyrrole nitrogens is 1. The molecule has 0 bridgehead atoms. The summed E-state index contributed by atoms with van der Waals surface area (Å²) in [5.41, 5.74) is 3.04. The molecule has 7 nitrogen and oxygen atoms in total. The molecule has 2 atom stereocenters. The molecule has 2 aromatic carbocycles. The maximum atomic E-state index is 12.4. The number of hydrogen-bond donors (Lipinski definition) is 2. The summed E-state index contributed by atoms with van der Waals surface area (Å²) in [7, 11) is 0. The fourth-order valence-electron chi connectivity index (χ4n) is 3.76. The van der Waals surface area contributed by atoms with Gasteiger partial charge in [0.25, 0.3) is 5.95 Å². The summed E-state index contributed by atoms with van der Waals surface area (Å²) >= 11 is 0. The minimum Gasteiger partial charge on any atom is -0.435 e. The molecule has 9 heteroatoms. The van der Waals surface area contributed by atoms with Crippen molar-refractivity contribution in [3.05, 3.63) is 75.9 Å². The van der Waals surface area contributed by atoms with E-state index in [1.165, 1.54) is 12.1 Å². The Morgan fingerprint density at radius 2 is 2.03 bits per heavy atom. The van der Waals surface area contributed by atoms with Crippen molar-refractivity contribution in [2.75, 3.05) is 5.32 Å². The van der Waals surface area contributed by atoms with Gasteiger partial charge in [0.2, 0.25) is 11.4 Å². The van der Waals surface area contributed by atoms with Gasteiger partial charge in [0, 0.05) is 23.2 Å². The minimum absolute atomic E-state index is 0.120. The molecule has 0 aliphatic heterocycles. The molecule has 0 radical (unpaired) electrons. The lowest BCUT2D eigenvalue weighted by Gasteiger charge is -2.09. The van der Waals surface area contributed by atoms with E-state index in [0.29, 0.717) is 23.1 Å². The molecular formula is C22H18F2N4O3. The fourth-order valence-corrected chi connectivity index (χ4v) is 3.76. The molecule has 5 rings (SSSR count). The van der Waals surface area contributed by atoms with Crippen LogP contribution in [0.2, 0.25) is 0 Å². The van der Waals surface area contributed by atoms with Crippen LogP contribution < -0.4 is 15.6 Å². The number of fused-ring (bicyclic) bond motifs is 1. The molecule has 2 heterocycles. The highest BCUT2D eigenvalue weighted by atomic mass is 19.3. The van der Waals surface area contributed by atoms with Crippen LogP contribution >= 0.6 is 0 Å². The van der Waals surface area contributed by atoms with Crippen LogP contribution in [-0.4, -0.2) is 21.7 Å². The third-order valence-electron chi connectivity index (χ3n) is 5.37. The summed E-state index contributed by atoms with van der Waals surface area (Å²) in [5, 5.41) is 7.97. The van der Waals surface area contributed by atoms with Gasteiger partial charge < -0.3 is 19.6 Å². The normalized spacial score (nSPS) is 17.8. The van der Waals surface area contributed by atoms with E-state index in [-0.39, 0.29) is 23.1 Å². The number of nitrogens with zero attached hydrogens (tertiary/aromatic N) is 2. The second-order valence-electron chi connectivity index (χ2n) is 7.56. The van der Waals surface area contributed by atoms with Gasteiger partial charge in [0.05, 0.1) is 0 Å². The van der Waals surface area contributed by atoms with Gasteiger partial charge in [-0.25, -0.2) is 0 Å². The Hall–Kier alpha value is -3.75. The Kier molecular flexibility index (Phi) is 4.65. The average molecular weight is 424 g/mol. The maximum absolute atomic E-state index is 12.4. The van der Waals surface area contributed by atoms with Crippen molar-refractivity contribution in [3.8, 4) is 5.75 Å². The number of halogens is 2. The van der Waals surface area contributed by atoms with Crippen molar-refractivity contribution < 1.29 is 18.0 Å². The van der Waals surface area contributed by atoms with Gasteiger partial charge in [0.1, 0.15) is 5.75 Å². The molecule has 0 spiro atoms. The topological polar surface area (TPSA) is 93.0 Å². The van der Waals surface area contributed by atoms with Gasteiger partial charge in [-0.05, 0) is 77.3 Å². The number of aromatic amines is 1. The largest absolute Gasteiger partial charge is 0.435 e. The van der Waals surface area contributed by atoms with Gasteiger partial charge in [0.15, 0.2) is 0 Å². The highest BCUT2D eigenvalue weighted by Gasteiger charge is 2.43. The lowest BCUT2D eigenvalue weighted by atomic mass is 10.1. The van der Waals surface area contributed by atoms with Crippen LogP contribution in [0.1, 0.15) is 35.3 Å².